The van der Waals surface area contributed by atoms with Crippen LogP contribution in [-0.2, 0) is 6.42 Å². The lowest BCUT2D eigenvalue weighted by molar-refractivity contribution is 0.136. The third kappa shape index (κ3) is 4.70. The van der Waals surface area contributed by atoms with E-state index < -0.39 is 6.10 Å². The van der Waals surface area contributed by atoms with E-state index in [-0.39, 0.29) is 6.61 Å². The zero-order valence-electron chi connectivity index (χ0n) is 9.84. The lowest BCUT2D eigenvalue weighted by Crippen LogP contribution is -2.18. The smallest absolute Gasteiger partial charge is 0.119 e. The molecule has 1 aromatic rings. The number of aliphatic hydroxyl groups excluding tert-OH is 1. The van der Waals surface area contributed by atoms with E-state index in [0.717, 1.165) is 5.56 Å². The average molecular weight is 235 g/mol. The highest BCUT2D eigenvalue weighted by molar-refractivity contribution is 5.60. The summed E-state index contributed by atoms with van der Waals surface area (Å²) in [4.78, 5) is 0. The number of benzene rings is 1. The van der Waals surface area contributed by atoms with Crippen LogP contribution >= 0.6 is 0 Å². The number of hydrogen-bond acceptors (Lipinski definition) is 4. The number of oxime groups is 1. The number of rotatable bonds is 6. The number of nitrogens with zero attached hydrogens (tertiary/aromatic N) is 1. The van der Waals surface area contributed by atoms with Crippen molar-refractivity contribution >= 4 is 6.21 Å². The normalized spacial score (nSPS) is 12.6. The molecule has 0 saturated heterocycles. The minimum absolute atomic E-state index is 0.201. The summed E-state index contributed by atoms with van der Waals surface area (Å²) in [5.74, 6) is 0.690. The van der Waals surface area contributed by atoms with Crippen molar-refractivity contribution in [1.82, 2.24) is 0 Å². The Morgan fingerprint density at radius 1 is 1.47 bits per heavy atom. The lowest BCUT2D eigenvalue weighted by atomic mass is 10.1. The van der Waals surface area contributed by atoms with Crippen molar-refractivity contribution in [3.63, 3.8) is 0 Å². The van der Waals surface area contributed by atoms with Crippen molar-refractivity contribution in [3.8, 4) is 5.75 Å². The van der Waals surface area contributed by atoms with Gasteiger partial charge in [-0.25, -0.2) is 0 Å². The van der Waals surface area contributed by atoms with E-state index in [0.29, 0.717) is 17.7 Å². The summed E-state index contributed by atoms with van der Waals surface area (Å²) in [6.45, 7) is 5.60. The van der Waals surface area contributed by atoms with Gasteiger partial charge in [0.1, 0.15) is 18.5 Å². The van der Waals surface area contributed by atoms with Gasteiger partial charge in [-0.2, -0.15) is 0 Å². The Labute approximate surface area is 101 Å². The summed E-state index contributed by atoms with van der Waals surface area (Å²) in [5, 5.41) is 20.7. The van der Waals surface area contributed by atoms with Crippen LogP contribution in [0.4, 0.5) is 0 Å². The average Bonchev–Trinajstić information content (AvgIpc) is 2.34. The molecule has 1 aromatic carbocycles. The van der Waals surface area contributed by atoms with E-state index in [2.05, 4.69) is 11.7 Å². The molecule has 0 aromatic heterocycles. The predicted molar refractivity (Wildman–Crippen MR) is 66.7 cm³/mol. The van der Waals surface area contributed by atoms with Gasteiger partial charge in [-0.1, -0.05) is 18.7 Å². The molecule has 4 heteroatoms. The predicted octanol–water partition coefficient (Wildman–Crippen LogP) is 2.00. The zero-order valence-corrected chi connectivity index (χ0v) is 9.84. The van der Waals surface area contributed by atoms with Crippen molar-refractivity contribution in [3.05, 3.63) is 42.0 Å². The van der Waals surface area contributed by atoms with Gasteiger partial charge in [-0.15, -0.1) is 5.16 Å². The second kappa shape index (κ2) is 6.70. The largest absolute Gasteiger partial charge is 0.491 e. The van der Waals surface area contributed by atoms with Gasteiger partial charge in [0.15, 0.2) is 0 Å². The molecule has 0 unspecified atom stereocenters. The number of ether oxygens (including phenoxy) is 1. The Bertz CT molecular complexity index is 384. The molecule has 0 aliphatic heterocycles. The molecule has 1 rings (SSSR count). The van der Waals surface area contributed by atoms with E-state index >= 15 is 0 Å². The van der Waals surface area contributed by atoms with E-state index in [1.807, 2.05) is 24.3 Å². The highest BCUT2D eigenvalue weighted by Gasteiger charge is 2.05. The minimum Gasteiger partial charge on any atom is -0.491 e. The maximum absolute atomic E-state index is 9.49. The van der Waals surface area contributed by atoms with Gasteiger partial charge in [0.05, 0.1) is 0 Å². The molecular formula is C13H17NO3. The second-order valence-corrected chi connectivity index (χ2v) is 3.82. The summed E-state index contributed by atoms with van der Waals surface area (Å²) in [5.41, 5.74) is 1.70. The van der Waals surface area contributed by atoms with Crippen LogP contribution < -0.4 is 4.74 Å². The van der Waals surface area contributed by atoms with E-state index in [9.17, 15) is 5.11 Å². The van der Waals surface area contributed by atoms with Crippen LogP contribution in [0.15, 0.2) is 41.6 Å². The van der Waals surface area contributed by atoms with Crippen LogP contribution in [0.25, 0.3) is 0 Å². The third-order valence-electron chi connectivity index (χ3n) is 2.31. The number of hydrogen-bond donors (Lipinski definition) is 2. The highest BCUT2D eigenvalue weighted by atomic mass is 16.5. The first-order valence-corrected chi connectivity index (χ1v) is 5.34. The topological polar surface area (TPSA) is 62.0 Å². The first-order valence-electron chi connectivity index (χ1n) is 5.34. The molecule has 0 spiro atoms. The van der Waals surface area contributed by atoms with Gasteiger partial charge in [0.2, 0.25) is 0 Å². The van der Waals surface area contributed by atoms with Crippen molar-refractivity contribution in [2.24, 2.45) is 5.16 Å². The molecule has 2 N–H and O–H groups in total. The summed E-state index contributed by atoms with van der Waals surface area (Å²) in [7, 11) is 0. The molecule has 0 heterocycles. The Hall–Kier alpha value is -1.81. The van der Waals surface area contributed by atoms with Crippen molar-refractivity contribution < 1.29 is 15.1 Å². The van der Waals surface area contributed by atoms with Crippen LogP contribution in [-0.4, -0.2) is 29.2 Å². The maximum atomic E-state index is 9.49. The van der Waals surface area contributed by atoms with Gasteiger partial charge >= 0.3 is 0 Å². The lowest BCUT2D eigenvalue weighted by Gasteiger charge is -2.12. The van der Waals surface area contributed by atoms with E-state index in [1.54, 1.807) is 6.92 Å². The Morgan fingerprint density at radius 2 is 2.12 bits per heavy atom. The minimum atomic E-state index is -0.642. The fourth-order valence-corrected chi connectivity index (χ4v) is 1.19. The first-order chi connectivity index (χ1) is 8.13. The van der Waals surface area contributed by atoms with Crippen LogP contribution in [0.2, 0.25) is 0 Å². The standard InChI is InChI=1S/C13H17NO3/c1-10(2)13(15)9-17-12-5-3-11(4-6-12)7-8-14-16/h3-6,8,13,15-16H,1,7,9H2,2H3/b14-8+/t13-/m1/s1. The molecule has 1 atom stereocenters. The quantitative estimate of drug-likeness (QED) is 0.343. The van der Waals surface area contributed by atoms with Gasteiger partial charge in [0.25, 0.3) is 0 Å². The van der Waals surface area contributed by atoms with Crippen LogP contribution in [0, 0.1) is 0 Å². The maximum Gasteiger partial charge on any atom is 0.119 e. The summed E-state index contributed by atoms with van der Waals surface area (Å²) >= 11 is 0. The molecule has 4 nitrogen and oxygen atoms in total. The van der Waals surface area contributed by atoms with Crippen molar-refractivity contribution in [2.75, 3.05) is 6.61 Å². The summed E-state index contributed by atoms with van der Waals surface area (Å²) in [6, 6.07) is 7.38. The molecule has 0 aliphatic carbocycles. The zero-order chi connectivity index (χ0) is 12.7. The van der Waals surface area contributed by atoms with Crippen molar-refractivity contribution in [1.29, 1.82) is 0 Å². The van der Waals surface area contributed by atoms with E-state index in [1.165, 1.54) is 6.21 Å². The van der Waals surface area contributed by atoms with Gasteiger partial charge in [-0.3, -0.25) is 0 Å². The molecule has 0 amide bonds. The monoisotopic (exact) mass is 235 g/mol. The summed E-state index contributed by atoms with van der Waals surface area (Å²) in [6.07, 6.45) is 1.35. The van der Waals surface area contributed by atoms with Crippen LogP contribution in [0.5, 0.6) is 5.75 Å². The fourth-order valence-electron chi connectivity index (χ4n) is 1.19. The molecule has 92 valence electrons. The van der Waals surface area contributed by atoms with Crippen LogP contribution in [0.1, 0.15) is 12.5 Å². The molecule has 0 radical (unpaired) electrons. The Kier molecular flexibility index (Phi) is 5.23. The highest BCUT2D eigenvalue weighted by Crippen LogP contribution is 2.13. The van der Waals surface area contributed by atoms with Crippen molar-refractivity contribution in [2.45, 2.75) is 19.4 Å². The second-order valence-electron chi connectivity index (χ2n) is 3.82. The molecular weight excluding hydrogens is 218 g/mol. The molecule has 0 aliphatic rings. The first kappa shape index (κ1) is 13.3. The third-order valence-corrected chi connectivity index (χ3v) is 2.31. The molecule has 0 saturated carbocycles. The van der Waals surface area contributed by atoms with Gasteiger partial charge < -0.3 is 15.1 Å². The van der Waals surface area contributed by atoms with Gasteiger partial charge in [-0.05, 0) is 30.2 Å². The summed E-state index contributed by atoms with van der Waals surface area (Å²) < 4.78 is 5.39. The Balaban J connectivity index is 2.48. The SMILES string of the molecule is C=C(C)[C@H](O)COc1ccc(C/C=N/O)cc1. The van der Waals surface area contributed by atoms with Gasteiger partial charge in [0, 0.05) is 12.6 Å². The fraction of sp³-hybridized carbons (Fsp3) is 0.308. The molecule has 0 fully saturated rings. The molecule has 0 bridgehead atoms. The Morgan fingerprint density at radius 3 is 2.65 bits per heavy atom. The van der Waals surface area contributed by atoms with E-state index in [4.69, 9.17) is 9.94 Å². The molecule has 17 heavy (non-hydrogen) atoms. The van der Waals surface area contributed by atoms with Crippen LogP contribution in [0.3, 0.4) is 0 Å². The number of aliphatic hydroxyl groups is 1.